The summed E-state index contributed by atoms with van der Waals surface area (Å²) in [4.78, 5) is 38.2. The third kappa shape index (κ3) is 3.67. The van der Waals surface area contributed by atoms with Crippen molar-refractivity contribution in [1.82, 2.24) is 0 Å². The van der Waals surface area contributed by atoms with Crippen LogP contribution in [0.1, 0.15) is 36.2 Å². The Bertz CT molecular complexity index is 860. The van der Waals surface area contributed by atoms with Crippen molar-refractivity contribution in [3.8, 4) is 0 Å². The predicted molar refractivity (Wildman–Crippen MR) is 101 cm³/mol. The molecular formula is C21H22N2O3. The zero-order valence-corrected chi connectivity index (χ0v) is 15.0. The molecule has 2 aromatic rings. The molecule has 1 N–H and O–H groups in total. The molecule has 1 saturated heterocycles. The quantitative estimate of drug-likeness (QED) is 0.840. The number of hydrogen-bond acceptors (Lipinski definition) is 3. The van der Waals surface area contributed by atoms with Gasteiger partial charge in [-0.2, -0.15) is 0 Å². The predicted octanol–water partition coefficient (Wildman–Crippen LogP) is 3.44. The van der Waals surface area contributed by atoms with Gasteiger partial charge in [0.25, 0.3) is 0 Å². The van der Waals surface area contributed by atoms with E-state index in [4.69, 9.17) is 0 Å². The molecule has 26 heavy (non-hydrogen) atoms. The molecule has 1 fully saturated rings. The van der Waals surface area contributed by atoms with E-state index < -0.39 is 5.92 Å². The highest BCUT2D eigenvalue weighted by Gasteiger charge is 2.35. The topological polar surface area (TPSA) is 66.5 Å². The van der Waals surface area contributed by atoms with Gasteiger partial charge in [0.2, 0.25) is 11.8 Å². The minimum absolute atomic E-state index is 0.0384. The number of hydrogen-bond donors (Lipinski definition) is 1. The van der Waals surface area contributed by atoms with E-state index in [1.807, 2.05) is 31.2 Å². The highest BCUT2D eigenvalue weighted by molar-refractivity contribution is 6.04. The van der Waals surface area contributed by atoms with E-state index in [-0.39, 0.29) is 24.0 Å². The molecule has 1 atom stereocenters. The van der Waals surface area contributed by atoms with Gasteiger partial charge >= 0.3 is 0 Å². The lowest BCUT2D eigenvalue weighted by molar-refractivity contribution is -0.122. The van der Waals surface area contributed by atoms with Crippen molar-refractivity contribution in [3.63, 3.8) is 0 Å². The van der Waals surface area contributed by atoms with E-state index in [0.29, 0.717) is 17.8 Å². The number of rotatable bonds is 5. The molecule has 1 unspecified atom stereocenters. The van der Waals surface area contributed by atoms with Crippen LogP contribution in [0.4, 0.5) is 11.4 Å². The summed E-state index contributed by atoms with van der Waals surface area (Å²) in [5, 5.41) is 2.83. The Hall–Kier alpha value is -2.95. The van der Waals surface area contributed by atoms with E-state index >= 15 is 0 Å². The number of ketones is 1. The number of anilines is 2. The molecule has 134 valence electrons. The van der Waals surface area contributed by atoms with Crippen LogP contribution in [0, 0.1) is 5.92 Å². The summed E-state index contributed by atoms with van der Waals surface area (Å²) in [5.74, 6) is -0.702. The van der Waals surface area contributed by atoms with Gasteiger partial charge in [0.15, 0.2) is 5.78 Å². The number of aryl methyl sites for hydroxylation is 1. The van der Waals surface area contributed by atoms with E-state index in [0.717, 1.165) is 17.7 Å². The van der Waals surface area contributed by atoms with Gasteiger partial charge in [-0.15, -0.1) is 0 Å². The van der Waals surface area contributed by atoms with E-state index in [2.05, 4.69) is 5.32 Å². The molecule has 3 rings (SSSR count). The largest absolute Gasteiger partial charge is 0.326 e. The minimum Gasteiger partial charge on any atom is -0.326 e. The number of amides is 2. The highest BCUT2D eigenvalue weighted by atomic mass is 16.2. The number of para-hydroxylation sites is 1. The first-order valence-corrected chi connectivity index (χ1v) is 8.79. The molecule has 5 heteroatoms. The van der Waals surface area contributed by atoms with Crippen molar-refractivity contribution < 1.29 is 14.4 Å². The fraction of sp³-hybridized carbons (Fsp3) is 0.286. The summed E-state index contributed by atoms with van der Waals surface area (Å²) >= 11 is 0. The summed E-state index contributed by atoms with van der Waals surface area (Å²) in [7, 11) is 0. The number of carbonyl (C=O) groups excluding carboxylic acids is 3. The maximum Gasteiger partial charge on any atom is 0.229 e. The number of nitrogens with one attached hydrogen (secondary N) is 1. The molecule has 0 aliphatic carbocycles. The Kier molecular flexibility index (Phi) is 5.16. The van der Waals surface area contributed by atoms with Gasteiger partial charge in [0, 0.05) is 29.9 Å². The fourth-order valence-electron chi connectivity index (χ4n) is 3.25. The minimum atomic E-state index is -0.409. The molecule has 0 bridgehead atoms. The third-order valence-corrected chi connectivity index (χ3v) is 4.70. The van der Waals surface area contributed by atoms with Crippen LogP contribution in [0.3, 0.4) is 0 Å². The number of benzene rings is 2. The molecule has 0 radical (unpaired) electrons. The number of carbonyl (C=O) groups is 3. The van der Waals surface area contributed by atoms with Crippen molar-refractivity contribution in [3.05, 3.63) is 59.7 Å². The van der Waals surface area contributed by atoms with Gasteiger partial charge in [-0.1, -0.05) is 37.3 Å². The Morgan fingerprint density at radius 2 is 1.92 bits per heavy atom. The van der Waals surface area contributed by atoms with E-state index in [1.165, 1.54) is 6.92 Å². The van der Waals surface area contributed by atoms with Gasteiger partial charge in [-0.3, -0.25) is 14.4 Å². The molecule has 0 aromatic heterocycles. The molecular weight excluding hydrogens is 328 g/mol. The Balaban J connectivity index is 1.73. The Morgan fingerprint density at radius 3 is 2.65 bits per heavy atom. The summed E-state index contributed by atoms with van der Waals surface area (Å²) in [6.07, 6.45) is 1.02. The maximum absolute atomic E-state index is 12.6. The zero-order valence-electron chi connectivity index (χ0n) is 15.0. The maximum atomic E-state index is 12.6. The molecule has 1 aliphatic heterocycles. The summed E-state index contributed by atoms with van der Waals surface area (Å²) < 4.78 is 0. The molecule has 2 amide bonds. The second-order valence-corrected chi connectivity index (χ2v) is 6.51. The average molecular weight is 350 g/mol. The van der Waals surface area contributed by atoms with Crippen LogP contribution in [0.2, 0.25) is 0 Å². The molecule has 1 heterocycles. The van der Waals surface area contributed by atoms with Crippen molar-refractivity contribution in [1.29, 1.82) is 0 Å². The summed E-state index contributed by atoms with van der Waals surface area (Å²) in [6.45, 7) is 3.90. The van der Waals surface area contributed by atoms with Crippen LogP contribution in [-0.4, -0.2) is 24.1 Å². The standard InChI is InChI=1S/C21H22N2O3/c1-3-15-7-4-5-10-19(15)23-13-17(12-20(23)25)21(26)22-18-9-6-8-16(11-18)14(2)24/h4-11,17H,3,12-13H2,1-2H3,(H,22,26). The van der Waals surface area contributed by atoms with Crippen LogP contribution in [0.5, 0.6) is 0 Å². The number of Topliss-reactive ketones (excluding diaryl/α,β-unsaturated/α-hetero) is 1. The Morgan fingerprint density at radius 1 is 1.15 bits per heavy atom. The monoisotopic (exact) mass is 350 g/mol. The van der Waals surface area contributed by atoms with Gasteiger partial charge in [0.1, 0.15) is 0 Å². The van der Waals surface area contributed by atoms with Crippen LogP contribution in [-0.2, 0) is 16.0 Å². The smallest absolute Gasteiger partial charge is 0.229 e. The lowest BCUT2D eigenvalue weighted by Gasteiger charge is -2.20. The normalized spacial score (nSPS) is 16.6. The van der Waals surface area contributed by atoms with Gasteiger partial charge in [-0.25, -0.2) is 0 Å². The zero-order chi connectivity index (χ0) is 18.7. The van der Waals surface area contributed by atoms with Gasteiger partial charge in [-0.05, 0) is 37.1 Å². The van der Waals surface area contributed by atoms with Crippen LogP contribution in [0.15, 0.2) is 48.5 Å². The van der Waals surface area contributed by atoms with Gasteiger partial charge < -0.3 is 10.2 Å². The lowest BCUT2D eigenvalue weighted by Crippen LogP contribution is -2.28. The second-order valence-electron chi connectivity index (χ2n) is 6.51. The second kappa shape index (κ2) is 7.52. The lowest BCUT2D eigenvalue weighted by atomic mass is 10.1. The van der Waals surface area contributed by atoms with Crippen molar-refractivity contribution in [2.45, 2.75) is 26.7 Å². The summed E-state index contributed by atoms with van der Waals surface area (Å²) in [5.41, 5.74) is 3.09. The first kappa shape index (κ1) is 17.9. The van der Waals surface area contributed by atoms with Crippen LogP contribution >= 0.6 is 0 Å². The van der Waals surface area contributed by atoms with Gasteiger partial charge in [0.05, 0.1) is 5.92 Å². The summed E-state index contributed by atoms with van der Waals surface area (Å²) in [6, 6.07) is 14.6. The van der Waals surface area contributed by atoms with Crippen molar-refractivity contribution in [2.24, 2.45) is 5.92 Å². The Labute approximate surface area is 153 Å². The van der Waals surface area contributed by atoms with Crippen LogP contribution in [0.25, 0.3) is 0 Å². The number of nitrogens with zero attached hydrogens (tertiary/aromatic N) is 1. The molecule has 1 aliphatic rings. The molecule has 2 aromatic carbocycles. The van der Waals surface area contributed by atoms with Crippen molar-refractivity contribution >= 4 is 29.0 Å². The first-order valence-electron chi connectivity index (χ1n) is 8.79. The molecule has 0 saturated carbocycles. The fourth-order valence-corrected chi connectivity index (χ4v) is 3.25. The average Bonchev–Trinajstić information content (AvgIpc) is 3.03. The first-order chi connectivity index (χ1) is 12.5. The van der Waals surface area contributed by atoms with E-state index in [9.17, 15) is 14.4 Å². The molecule has 0 spiro atoms. The third-order valence-electron chi connectivity index (χ3n) is 4.70. The highest BCUT2D eigenvalue weighted by Crippen LogP contribution is 2.29. The molecule has 5 nitrogen and oxygen atoms in total. The van der Waals surface area contributed by atoms with Crippen LogP contribution < -0.4 is 10.2 Å². The SMILES string of the molecule is CCc1ccccc1N1CC(C(=O)Nc2cccc(C(C)=O)c2)CC1=O. The van der Waals surface area contributed by atoms with E-state index in [1.54, 1.807) is 29.2 Å². The van der Waals surface area contributed by atoms with Crippen molar-refractivity contribution in [2.75, 3.05) is 16.8 Å².